The van der Waals surface area contributed by atoms with Crippen molar-refractivity contribution in [2.75, 3.05) is 26.2 Å². The van der Waals surface area contributed by atoms with Crippen molar-refractivity contribution in [3.63, 3.8) is 0 Å². The van der Waals surface area contributed by atoms with Crippen molar-refractivity contribution in [2.45, 2.75) is 38.6 Å². The molecule has 2 aliphatic heterocycles. The predicted molar refractivity (Wildman–Crippen MR) is 55.9 cm³/mol. The lowest BCUT2D eigenvalue weighted by atomic mass is 9.98. The molecule has 0 aromatic carbocycles. The molecule has 2 saturated heterocycles. The molecule has 76 valence electrons. The topological polar surface area (TPSA) is 15.3 Å². The Hall–Kier alpha value is -0.0800. The van der Waals surface area contributed by atoms with Crippen molar-refractivity contribution in [3.8, 4) is 0 Å². The van der Waals surface area contributed by atoms with E-state index in [-0.39, 0.29) is 0 Å². The van der Waals surface area contributed by atoms with E-state index in [0.29, 0.717) is 0 Å². The fraction of sp³-hybridized carbons (Fsp3) is 1.00. The van der Waals surface area contributed by atoms with Gasteiger partial charge in [-0.05, 0) is 57.8 Å². The second-order valence-electron chi connectivity index (χ2n) is 4.75. The summed E-state index contributed by atoms with van der Waals surface area (Å²) in [6, 6.07) is 0.847. The number of hydrogen-bond acceptors (Lipinski definition) is 2. The smallest absolute Gasteiger partial charge is 0.00913 e. The molecular weight excluding hydrogens is 160 g/mol. The summed E-state index contributed by atoms with van der Waals surface area (Å²) in [5.41, 5.74) is 0. The lowest BCUT2D eigenvalue weighted by molar-refractivity contribution is 0.176. The first-order chi connectivity index (χ1) is 6.34. The van der Waals surface area contributed by atoms with Gasteiger partial charge in [-0.15, -0.1) is 0 Å². The van der Waals surface area contributed by atoms with Crippen LogP contribution in [0.15, 0.2) is 0 Å². The van der Waals surface area contributed by atoms with Crippen LogP contribution in [0.1, 0.15) is 32.6 Å². The number of rotatable bonds is 3. The molecule has 13 heavy (non-hydrogen) atoms. The van der Waals surface area contributed by atoms with Gasteiger partial charge in [0.2, 0.25) is 0 Å². The van der Waals surface area contributed by atoms with Crippen molar-refractivity contribution in [3.05, 3.63) is 0 Å². The normalized spacial score (nSPS) is 31.6. The van der Waals surface area contributed by atoms with Gasteiger partial charge in [0.15, 0.2) is 0 Å². The number of nitrogens with one attached hydrogen (secondary N) is 1. The van der Waals surface area contributed by atoms with E-state index < -0.39 is 0 Å². The molecule has 2 rings (SSSR count). The van der Waals surface area contributed by atoms with Crippen LogP contribution in [0.2, 0.25) is 0 Å². The van der Waals surface area contributed by atoms with E-state index in [1.54, 1.807) is 0 Å². The van der Waals surface area contributed by atoms with Gasteiger partial charge in [-0.25, -0.2) is 0 Å². The average Bonchev–Trinajstić information content (AvgIpc) is 2.05. The highest BCUT2D eigenvalue weighted by Crippen LogP contribution is 2.17. The summed E-state index contributed by atoms with van der Waals surface area (Å²) >= 11 is 0. The zero-order chi connectivity index (χ0) is 9.10. The maximum absolute atomic E-state index is 3.47. The molecule has 1 atom stereocenters. The molecule has 1 N–H and O–H groups in total. The Labute approximate surface area is 81.7 Å². The van der Waals surface area contributed by atoms with Crippen LogP contribution >= 0.6 is 0 Å². The minimum absolute atomic E-state index is 0.847. The minimum Gasteiger partial charge on any atom is -0.314 e. The van der Waals surface area contributed by atoms with Gasteiger partial charge >= 0.3 is 0 Å². The van der Waals surface area contributed by atoms with Gasteiger partial charge in [-0.1, -0.05) is 6.92 Å². The number of nitrogens with zero attached hydrogens (tertiary/aromatic N) is 1. The molecule has 0 aromatic rings. The second-order valence-corrected chi connectivity index (χ2v) is 4.75. The molecule has 0 aliphatic carbocycles. The molecule has 2 fully saturated rings. The van der Waals surface area contributed by atoms with Crippen LogP contribution in [0, 0.1) is 5.92 Å². The van der Waals surface area contributed by atoms with Crippen LogP contribution in [-0.4, -0.2) is 37.1 Å². The van der Waals surface area contributed by atoms with E-state index in [1.165, 1.54) is 51.9 Å². The number of piperidine rings is 1. The molecule has 2 aliphatic rings. The summed E-state index contributed by atoms with van der Waals surface area (Å²) in [5.74, 6) is 0.970. The molecule has 0 radical (unpaired) electrons. The summed E-state index contributed by atoms with van der Waals surface area (Å²) in [6.45, 7) is 7.64. The van der Waals surface area contributed by atoms with Crippen LogP contribution in [0.5, 0.6) is 0 Å². The molecule has 0 aromatic heterocycles. The third-order valence-corrected chi connectivity index (χ3v) is 3.60. The first kappa shape index (κ1) is 9.47. The first-order valence-electron chi connectivity index (χ1n) is 5.80. The lowest BCUT2D eigenvalue weighted by Crippen LogP contribution is -2.45. The van der Waals surface area contributed by atoms with Crippen molar-refractivity contribution >= 4 is 0 Å². The van der Waals surface area contributed by atoms with Gasteiger partial charge in [-0.3, -0.25) is 0 Å². The van der Waals surface area contributed by atoms with Crippen molar-refractivity contribution < 1.29 is 0 Å². The molecule has 0 bridgehead atoms. The molecule has 2 nitrogen and oxygen atoms in total. The third kappa shape index (κ3) is 2.68. The van der Waals surface area contributed by atoms with Crippen LogP contribution in [0.25, 0.3) is 0 Å². The largest absolute Gasteiger partial charge is 0.314 e. The second kappa shape index (κ2) is 4.43. The average molecular weight is 182 g/mol. The fourth-order valence-corrected chi connectivity index (χ4v) is 2.22. The Morgan fingerprint density at radius 3 is 2.46 bits per heavy atom. The predicted octanol–water partition coefficient (Wildman–Crippen LogP) is 1.47. The van der Waals surface area contributed by atoms with Gasteiger partial charge in [0.25, 0.3) is 0 Å². The van der Waals surface area contributed by atoms with Crippen LogP contribution in [0.3, 0.4) is 0 Å². The van der Waals surface area contributed by atoms with E-state index in [1.807, 2.05) is 0 Å². The Balaban J connectivity index is 1.59. The maximum Gasteiger partial charge on any atom is 0.00913 e. The summed E-state index contributed by atoms with van der Waals surface area (Å²) in [7, 11) is 0. The van der Waals surface area contributed by atoms with Crippen molar-refractivity contribution in [1.82, 2.24) is 10.2 Å². The maximum atomic E-state index is 3.47. The zero-order valence-electron chi connectivity index (χ0n) is 8.76. The summed E-state index contributed by atoms with van der Waals surface area (Å²) in [5, 5.41) is 3.47. The van der Waals surface area contributed by atoms with E-state index in [0.717, 1.165) is 12.0 Å². The molecule has 1 unspecified atom stereocenters. The molecule has 0 amide bonds. The third-order valence-electron chi connectivity index (χ3n) is 3.60. The van der Waals surface area contributed by atoms with E-state index in [4.69, 9.17) is 0 Å². The molecular formula is C11H22N2. The van der Waals surface area contributed by atoms with Crippen molar-refractivity contribution in [2.24, 2.45) is 5.92 Å². The zero-order valence-corrected chi connectivity index (χ0v) is 8.76. The summed E-state index contributed by atoms with van der Waals surface area (Å²) in [6.07, 6.45) is 5.61. The van der Waals surface area contributed by atoms with Gasteiger partial charge in [0, 0.05) is 6.04 Å². The highest BCUT2D eigenvalue weighted by Gasteiger charge is 2.19. The van der Waals surface area contributed by atoms with Crippen LogP contribution in [0.4, 0.5) is 0 Å². The minimum atomic E-state index is 0.847. The van der Waals surface area contributed by atoms with Gasteiger partial charge in [-0.2, -0.15) is 0 Å². The number of hydrogen-bond donors (Lipinski definition) is 1. The van der Waals surface area contributed by atoms with Gasteiger partial charge in [0.05, 0.1) is 0 Å². The van der Waals surface area contributed by atoms with E-state index >= 15 is 0 Å². The van der Waals surface area contributed by atoms with Gasteiger partial charge in [0.1, 0.15) is 0 Å². The van der Waals surface area contributed by atoms with E-state index in [2.05, 4.69) is 17.1 Å². The fourth-order valence-electron chi connectivity index (χ4n) is 2.22. The lowest BCUT2D eigenvalue weighted by Gasteiger charge is -2.33. The number of likely N-dealkylation sites (tertiary alicyclic amines) is 1. The van der Waals surface area contributed by atoms with Gasteiger partial charge < -0.3 is 10.2 Å². The monoisotopic (exact) mass is 182 g/mol. The quantitative estimate of drug-likeness (QED) is 0.711. The molecule has 2 heterocycles. The SMILES string of the molecule is CC1CCN(CCC2CCN2)CC1. The molecule has 0 saturated carbocycles. The summed E-state index contributed by atoms with van der Waals surface area (Å²) in [4.78, 5) is 2.64. The molecule has 0 spiro atoms. The standard InChI is InChI=1S/C11H22N2/c1-10-3-7-13(8-4-10)9-5-11-2-6-12-11/h10-12H,2-9H2,1H3. The highest BCUT2D eigenvalue weighted by molar-refractivity contribution is 4.79. The Kier molecular flexibility index (Phi) is 3.23. The Bertz CT molecular complexity index is 146. The first-order valence-corrected chi connectivity index (χ1v) is 5.80. The van der Waals surface area contributed by atoms with Crippen LogP contribution in [-0.2, 0) is 0 Å². The highest BCUT2D eigenvalue weighted by atomic mass is 15.1. The Morgan fingerprint density at radius 1 is 1.23 bits per heavy atom. The summed E-state index contributed by atoms with van der Waals surface area (Å²) < 4.78 is 0. The molecule has 2 heteroatoms. The van der Waals surface area contributed by atoms with E-state index in [9.17, 15) is 0 Å². The van der Waals surface area contributed by atoms with Crippen LogP contribution < -0.4 is 5.32 Å². The Morgan fingerprint density at radius 2 is 1.92 bits per heavy atom. The van der Waals surface area contributed by atoms with Crippen molar-refractivity contribution in [1.29, 1.82) is 0 Å².